The zero-order chi connectivity index (χ0) is 13.0. The number of aromatic carboxylic acids is 1. The lowest BCUT2D eigenvalue weighted by atomic mass is 10.4. The number of aromatic nitrogens is 1. The molecule has 0 spiro atoms. The lowest BCUT2D eigenvalue weighted by molar-refractivity contribution is 0.0702. The quantitative estimate of drug-likeness (QED) is 0.877. The molecule has 1 amide bonds. The minimum absolute atomic E-state index is 0.167. The van der Waals surface area contributed by atoms with E-state index < -0.39 is 5.97 Å². The third-order valence-electron chi connectivity index (χ3n) is 2.15. The molecule has 0 radical (unpaired) electrons. The van der Waals surface area contributed by atoms with Crippen LogP contribution in [0.4, 0.5) is 0 Å². The van der Waals surface area contributed by atoms with Crippen molar-refractivity contribution in [1.82, 2.24) is 10.3 Å². The van der Waals surface area contributed by atoms with E-state index in [0.717, 1.165) is 16.3 Å². The molecule has 0 saturated carbocycles. The number of rotatable bonds is 5. The maximum atomic E-state index is 11.7. The van der Waals surface area contributed by atoms with Crippen molar-refractivity contribution in [1.29, 1.82) is 0 Å². The molecule has 0 saturated heterocycles. The molecule has 0 aromatic carbocycles. The summed E-state index contributed by atoms with van der Waals surface area (Å²) in [7, 11) is 0. The van der Waals surface area contributed by atoms with Gasteiger partial charge in [0.05, 0.1) is 9.88 Å². The van der Waals surface area contributed by atoms with Crippen molar-refractivity contribution in [3.63, 3.8) is 0 Å². The number of nitrogens with zero attached hydrogens (tertiary/aromatic N) is 1. The number of carbonyl (C=O) groups is 2. The Bertz CT molecular complexity index is 548. The van der Waals surface area contributed by atoms with Gasteiger partial charge in [0, 0.05) is 24.5 Å². The van der Waals surface area contributed by atoms with Gasteiger partial charge in [0.1, 0.15) is 4.88 Å². The lowest BCUT2D eigenvalue weighted by Gasteiger charge is -2.01. The van der Waals surface area contributed by atoms with Gasteiger partial charge in [0.15, 0.2) is 0 Å². The number of thiophene rings is 1. The second-order valence-electron chi connectivity index (χ2n) is 3.40. The van der Waals surface area contributed by atoms with Crippen LogP contribution in [0, 0.1) is 0 Å². The minimum Gasteiger partial charge on any atom is -0.477 e. The topological polar surface area (TPSA) is 79.3 Å². The van der Waals surface area contributed by atoms with E-state index >= 15 is 0 Å². The van der Waals surface area contributed by atoms with Gasteiger partial charge in [-0.2, -0.15) is 0 Å². The number of carbonyl (C=O) groups excluding carboxylic acids is 1. The van der Waals surface area contributed by atoms with Gasteiger partial charge in [-0.3, -0.25) is 4.79 Å². The summed E-state index contributed by atoms with van der Waals surface area (Å²) in [6.07, 6.45) is 2.40. The molecular weight excluding hydrogens is 272 g/mol. The van der Waals surface area contributed by atoms with Gasteiger partial charge < -0.3 is 10.4 Å². The van der Waals surface area contributed by atoms with Crippen LogP contribution in [0.5, 0.6) is 0 Å². The highest BCUT2D eigenvalue weighted by Crippen LogP contribution is 2.16. The van der Waals surface area contributed by atoms with E-state index in [1.54, 1.807) is 17.5 Å². The van der Waals surface area contributed by atoms with Crippen LogP contribution in [0.25, 0.3) is 0 Å². The summed E-state index contributed by atoms with van der Waals surface area (Å²) in [5, 5.41) is 14.3. The van der Waals surface area contributed by atoms with Crippen LogP contribution in [0.15, 0.2) is 23.7 Å². The molecule has 0 fully saturated rings. The van der Waals surface area contributed by atoms with Gasteiger partial charge in [0.25, 0.3) is 5.91 Å². The van der Waals surface area contributed by atoms with Crippen LogP contribution in [-0.4, -0.2) is 28.5 Å². The third-order valence-corrected chi connectivity index (χ3v) is 4.06. The van der Waals surface area contributed by atoms with Gasteiger partial charge in [0.2, 0.25) is 0 Å². The number of amides is 1. The first-order chi connectivity index (χ1) is 8.66. The van der Waals surface area contributed by atoms with E-state index in [2.05, 4.69) is 10.3 Å². The van der Waals surface area contributed by atoms with Crippen molar-refractivity contribution < 1.29 is 14.7 Å². The Labute approximate surface area is 111 Å². The largest absolute Gasteiger partial charge is 0.477 e. The highest BCUT2D eigenvalue weighted by Gasteiger charge is 2.12. The molecule has 0 aliphatic heterocycles. The molecule has 0 atom stereocenters. The van der Waals surface area contributed by atoms with E-state index in [1.807, 2.05) is 5.38 Å². The van der Waals surface area contributed by atoms with Crippen molar-refractivity contribution in [3.05, 3.63) is 38.5 Å². The van der Waals surface area contributed by atoms with Gasteiger partial charge in [-0.25, -0.2) is 9.78 Å². The molecule has 0 unspecified atom stereocenters. The van der Waals surface area contributed by atoms with Crippen LogP contribution < -0.4 is 5.32 Å². The summed E-state index contributed by atoms with van der Waals surface area (Å²) in [5.41, 5.74) is 0. The first-order valence-corrected chi connectivity index (χ1v) is 6.86. The molecule has 0 aliphatic carbocycles. The summed E-state index contributed by atoms with van der Waals surface area (Å²) in [4.78, 5) is 27.1. The van der Waals surface area contributed by atoms with Crippen molar-refractivity contribution in [2.24, 2.45) is 0 Å². The van der Waals surface area contributed by atoms with Gasteiger partial charge in [-0.05, 0) is 12.1 Å². The zero-order valence-corrected chi connectivity index (χ0v) is 10.9. The van der Waals surface area contributed by atoms with Crippen molar-refractivity contribution in [2.45, 2.75) is 6.42 Å². The fourth-order valence-corrected chi connectivity index (χ4v) is 2.70. The van der Waals surface area contributed by atoms with E-state index in [1.165, 1.54) is 12.1 Å². The maximum Gasteiger partial charge on any atom is 0.345 e. The predicted octanol–water partition coefficient (Wildman–Crippen LogP) is 1.88. The number of nitrogens with one attached hydrogen (secondary N) is 1. The second-order valence-corrected chi connectivity index (χ2v) is 5.46. The smallest absolute Gasteiger partial charge is 0.345 e. The number of carboxylic acid groups (broad SMARTS) is 1. The molecule has 94 valence electrons. The average Bonchev–Trinajstić information content (AvgIpc) is 2.99. The molecule has 7 heteroatoms. The van der Waals surface area contributed by atoms with E-state index in [4.69, 9.17) is 5.11 Å². The second kappa shape index (κ2) is 5.74. The molecule has 2 aromatic heterocycles. The Morgan fingerprint density at radius 1 is 1.33 bits per heavy atom. The van der Waals surface area contributed by atoms with Crippen LogP contribution >= 0.6 is 22.7 Å². The summed E-state index contributed by atoms with van der Waals surface area (Å²) < 4.78 is 0. The Hall–Kier alpha value is -1.73. The first kappa shape index (κ1) is 12.7. The molecule has 2 rings (SSSR count). The highest BCUT2D eigenvalue weighted by molar-refractivity contribution is 7.15. The van der Waals surface area contributed by atoms with E-state index in [9.17, 15) is 9.59 Å². The van der Waals surface area contributed by atoms with Crippen LogP contribution in [0.3, 0.4) is 0 Å². The van der Waals surface area contributed by atoms with Crippen molar-refractivity contribution >= 4 is 34.6 Å². The fraction of sp³-hybridized carbons (Fsp3) is 0.182. The Morgan fingerprint density at radius 3 is 2.72 bits per heavy atom. The van der Waals surface area contributed by atoms with Gasteiger partial charge >= 0.3 is 5.97 Å². The molecule has 0 bridgehead atoms. The minimum atomic E-state index is -1.01. The highest BCUT2D eigenvalue weighted by atomic mass is 32.1. The number of hydrogen-bond acceptors (Lipinski definition) is 5. The standard InChI is InChI=1S/C11H10N2O3S2/c14-10(7-1-2-8(18-7)11(15)16)13-4-3-9-12-5-6-17-9/h1-2,5-6H,3-4H2,(H,13,14)(H,15,16). The molecule has 2 heterocycles. The average molecular weight is 282 g/mol. The zero-order valence-electron chi connectivity index (χ0n) is 9.25. The van der Waals surface area contributed by atoms with Crippen LogP contribution in [0.1, 0.15) is 24.4 Å². The Balaban J connectivity index is 1.85. The van der Waals surface area contributed by atoms with Crippen molar-refractivity contribution in [2.75, 3.05) is 6.54 Å². The summed E-state index contributed by atoms with van der Waals surface area (Å²) in [6, 6.07) is 2.95. The molecule has 5 nitrogen and oxygen atoms in total. The Kier molecular flexibility index (Phi) is 4.06. The normalized spacial score (nSPS) is 10.2. The Morgan fingerprint density at radius 2 is 2.11 bits per heavy atom. The number of hydrogen-bond donors (Lipinski definition) is 2. The molecule has 2 aromatic rings. The van der Waals surface area contributed by atoms with Crippen LogP contribution in [0.2, 0.25) is 0 Å². The van der Waals surface area contributed by atoms with Gasteiger partial charge in [-0.15, -0.1) is 22.7 Å². The lowest BCUT2D eigenvalue weighted by Crippen LogP contribution is -2.24. The monoisotopic (exact) mass is 282 g/mol. The van der Waals surface area contributed by atoms with Crippen LogP contribution in [-0.2, 0) is 6.42 Å². The fourth-order valence-electron chi connectivity index (χ4n) is 1.32. The summed E-state index contributed by atoms with van der Waals surface area (Å²) in [6.45, 7) is 0.493. The SMILES string of the molecule is O=C(O)c1ccc(C(=O)NCCc2nccs2)s1. The predicted molar refractivity (Wildman–Crippen MR) is 69.4 cm³/mol. The molecule has 2 N–H and O–H groups in total. The van der Waals surface area contributed by atoms with Crippen molar-refractivity contribution in [3.8, 4) is 0 Å². The molecule has 18 heavy (non-hydrogen) atoms. The summed E-state index contributed by atoms with van der Waals surface area (Å²) in [5.74, 6) is -1.26. The van der Waals surface area contributed by atoms with E-state index in [0.29, 0.717) is 17.8 Å². The first-order valence-electron chi connectivity index (χ1n) is 5.16. The maximum absolute atomic E-state index is 11.7. The van der Waals surface area contributed by atoms with Gasteiger partial charge in [-0.1, -0.05) is 0 Å². The number of thiazole rings is 1. The molecular formula is C11H10N2O3S2. The summed E-state index contributed by atoms with van der Waals surface area (Å²) >= 11 is 2.51. The van der Waals surface area contributed by atoms with E-state index in [-0.39, 0.29) is 10.8 Å². The number of carboxylic acids is 1. The third kappa shape index (κ3) is 3.14. The molecule has 0 aliphatic rings.